The number of nitrogens with zero attached hydrogens (tertiary/aromatic N) is 2. The lowest BCUT2D eigenvalue weighted by Gasteiger charge is -2.09. The van der Waals surface area contributed by atoms with Crippen LogP contribution in [0.1, 0.15) is 21.6 Å². The predicted molar refractivity (Wildman–Crippen MR) is 101 cm³/mol. The molecule has 126 valence electrons. The Kier molecular flexibility index (Phi) is 4.95. The minimum atomic E-state index is -0.298. The highest BCUT2D eigenvalue weighted by atomic mass is 35.5. The highest BCUT2D eigenvalue weighted by molar-refractivity contribution is 6.33. The lowest BCUT2D eigenvalue weighted by molar-refractivity contribution is 0.102. The van der Waals surface area contributed by atoms with Crippen LogP contribution in [0.3, 0.4) is 0 Å². The first-order chi connectivity index (χ1) is 12.0. The summed E-state index contributed by atoms with van der Waals surface area (Å²) in [7, 11) is 0. The van der Waals surface area contributed by atoms with Gasteiger partial charge < -0.3 is 10.6 Å². The SMILES string of the molecule is Cc1ccc(NC(=O)c2ccnc(Nc3ccccc3Cl)n2)cc1C. The number of hydrogen-bond acceptors (Lipinski definition) is 4. The van der Waals surface area contributed by atoms with Crippen LogP contribution in [0, 0.1) is 13.8 Å². The van der Waals surface area contributed by atoms with E-state index in [2.05, 4.69) is 20.6 Å². The third kappa shape index (κ3) is 4.14. The largest absolute Gasteiger partial charge is 0.323 e. The minimum absolute atomic E-state index is 0.266. The van der Waals surface area contributed by atoms with Gasteiger partial charge in [0.1, 0.15) is 5.69 Å². The number of rotatable bonds is 4. The Morgan fingerprint density at radius 1 is 1.04 bits per heavy atom. The van der Waals surface area contributed by atoms with Gasteiger partial charge in [0.25, 0.3) is 5.91 Å². The molecular weight excluding hydrogens is 336 g/mol. The molecule has 0 aliphatic carbocycles. The van der Waals surface area contributed by atoms with Crippen molar-refractivity contribution in [3.05, 3.63) is 76.6 Å². The fraction of sp³-hybridized carbons (Fsp3) is 0.105. The van der Waals surface area contributed by atoms with Crippen LogP contribution in [0.2, 0.25) is 5.02 Å². The van der Waals surface area contributed by atoms with Gasteiger partial charge in [-0.2, -0.15) is 0 Å². The maximum Gasteiger partial charge on any atom is 0.274 e. The van der Waals surface area contributed by atoms with E-state index in [0.717, 1.165) is 11.3 Å². The van der Waals surface area contributed by atoms with E-state index >= 15 is 0 Å². The molecule has 2 N–H and O–H groups in total. The number of hydrogen-bond donors (Lipinski definition) is 2. The Bertz CT molecular complexity index is 927. The first-order valence-corrected chi connectivity index (χ1v) is 8.14. The molecule has 0 spiro atoms. The molecule has 1 aromatic heterocycles. The maximum absolute atomic E-state index is 12.4. The molecule has 0 radical (unpaired) electrons. The summed E-state index contributed by atoms with van der Waals surface area (Å²) in [6.07, 6.45) is 1.53. The number of benzene rings is 2. The van der Waals surface area contributed by atoms with E-state index < -0.39 is 0 Å². The lowest BCUT2D eigenvalue weighted by Crippen LogP contribution is -2.15. The van der Waals surface area contributed by atoms with E-state index in [1.807, 2.05) is 50.2 Å². The molecule has 3 aromatic rings. The molecule has 1 heterocycles. The fourth-order valence-electron chi connectivity index (χ4n) is 2.24. The van der Waals surface area contributed by atoms with Gasteiger partial charge in [0.2, 0.25) is 5.95 Å². The van der Waals surface area contributed by atoms with Crippen LogP contribution in [0.15, 0.2) is 54.7 Å². The summed E-state index contributed by atoms with van der Waals surface area (Å²) in [4.78, 5) is 20.8. The van der Waals surface area contributed by atoms with Crippen molar-refractivity contribution in [2.75, 3.05) is 10.6 Å². The molecule has 0 unspecified atom stereocenters. The van der Waals surface area contributed by atoms with Crippen LogP contribution in [-0.4, -0.2) is 15.9 Å². The smallest absolute Gasteiger partial charge is 0.274 e. The molecule has 0 bridgehead atoms. The standard InChI is InChI=1S/C19H17ClN4O/c1-12-7-8-14(11-13(12)2)22-18(25)17-9-10-21-19(24-17)23-16-6-4-3-5-15(16)20/h3-11H,1-2H3,(H,22,25)(H,21,23,24). The average molecular weight is 353 g/mol. The molecule has 0 fully saturated rings. The second-order valence-electron chi connectivity index (χ2n) is 5.62. The van der Waals surface area contributed by atoms with Gasteiger partial charge in [-0.3, -0.25) is 4.79 Å². The third-order valence-corrected chi connectivity index (χ3v) is 4.10. The molecule has 3 rings (SSSR count). The molecule has 0 saturated carbocycles. The van der Waals surface area contributed by atoms with E-state index in [9.17, 15) is 4.79 Å². The second kappa shape index (κ2) is 7.32. The highest BCUT2D eigenvalue weighted by Gasteiger charge is 2.10. The minimum Gasteiger partial charge on any atom is -0.323 e. The Balaban J connectivity index is 1.77. The first-order valence-electron chi connectivity index (χ1n) is 7.76. The van der Waals surface area contributed by atoms with Crippen LogP contribution < -0.4 is 10.6 Å². The molecule has 0 aliphatic heterocycles. The van der Waals surface area contributed by atoms with Crippen molar-refractivity contribution in [1.29, 1.82) is 0 Å². The van der Waals surface area contributed by atoms with E-state index in [4.69, 9.17) is 11.6 Å². The zero-order valence-corrected chi connectivity index (χ0v) is 14.6. The topological polar surface area (TPSA) is 66.9 Å². The van der Waals surface area contributed by atoms with Gasteiger partial charge in [-0.05, 0) is 55.3 Å². The van der Waals surface area contributed by atoms with Crippen molar-refractivity contribution in [2.45, 2.75) is 13.8 Å². The van der Waals surface area contributed by atoms with E-state index in [1.54, 1.807) is 12.1 Å². The number of anilines is 3. The fourth-order valence-corrected chi connectivity index (χ4v) is 2.43. The molecule has 2 aromatic carbocycles. The van der Waals surface area contributed by atoms with Gasteiger partial charge in [-0.25, -0.2) is 9.97 Å². The number of aromatic nitrogens is 2. The Labute approximate surface area is 151 Å². The summed E-state index contributed by atoms with van der Waals surface area (Å²) < 4.78 is 0. The van der Waals surface area contributed by atoms with E-state index in [0.29, 0.717) is 16.7 Å². The molecule has 6 heteroatoms. The quantitative estimate of drug-likeness (QED) is 0.711. The summed E-state index contributed by atoms with van der Waals surface area (Å²) in [6.45, 7) is 4.03. The number of halogens is 1. The number of aryl methyl sites for hydroxylation is 2. The normalized spacial score (nSPS) is 10.4. The van der Waals surface area contributed by atoms with Gasteiger partial charge in [0.15, 0.2) is 0 Å². The van der Waals surface area contributed by atoms with Gasteiger partial charge in [0, 0.05) is 11.9 Å². The van der Waals surface area contributed by atoms with Crippen molar-refractivity contribution >= 4 is 34.8 Å². The maximum atomic E-state index is 12.4. The van der Waals surface area contributed by atoms with E-state index in [-0.39, 0.29) is 11.6 Å². The van der Waals surface area contributed by atoms with Crippen LogP contribution in [0.5, 0.6) is 0 Å². The Morgan fingerprint density at radius 2 is 1.84 bits per heavy atom. The zero-order valence-electron chi connectivity index (χ0n) is 13.9. The van der Waals surface area contributed by atoms with Gasteiger partial charge in [-0.1, -0.05) is 29.8 Å². The molecule has 25 heavy (non-hydrogen) atoms. The monoisotopic (exact) mass is 352 g/mol. The molecular formula is C19H17ClN4O. The molecule has 0 aliphatic rings. The van der Waals surface area contributed by atoms with Crippen LogP contribution in [-0.2, 0) is 0 Å². The number of carbonyl (C=O) groups excluding carboxylic acids is 1. The zero-order chi connectivity index (χ0) is 17.8. The van der Waals surface area contributed by atoms with Crippen LogP contribution in [0.4, 0.5) is 17.3 Å². The van der Waals surface area contributed by atoms with E-state index in [1.165, 1.54) is 11.8 Å². The average Bonchev–Trinajstić information content (AvgIpc) is 2.60. The van der Waals surface area contributed by atoms with Crippen LogP contribution in [0.25, 0.3) is 0 Å². The second-order valence-corrected chi connectivity index (χ2v) is 6.03. The van der Waals surface area contributed by atoms with Crippen molar-refractivity contribution in [2.24, 2.45) is 0 Å². The van der Waals surface area contributed by atoms with Gasteiger partial charge >= 0.3 is 0 Å². The highest BCUT2D eigenvalue weighted by Crippen LogP contribution is 2.23. The Hall–Kier alpha value is -2.92. The third-order valence-electron chi connectivity index (χ3n) is 3.77. The van der Waals surface area contributed by atoms with Crippen molar-refractivity contribution in [3.8, 4) is 0 Å². The molecule has 1 amide bonds. The molecule has 0 saturated heterocycles. The van der Waals surface area contributed by atoms with Gasteiger partial charge in [-0.15, -0.1) is 0 Å². The first kappa shape index (κ1) is 16.9. The number of para-hydroxylation sites is 1. The van der Waals surface area contributed by atoms with Crippen LogP contribution >= 0.6 is 11.6 Å². The van der Waals surface area contributed by atoms with Crippen molar-refractivity contribution in [3.63, 3.8) is 0 Å². The Morgan fingerprint density at radius 3 is 2.60 bits per heavy atom. The van der Waals surface area contributed by atoms with Gasteiger partial charge in [0.05, 0.1) is 10.7 Å². The van der Waals surface area contributed by atoms with Crippen molar-refractivity contribution in [1.82, 2.24) is 9.97 Å². The summed E-state index contributed by atoms with van der Waals surface area (Å²) in [6, 6.07) is 14.6. The number of amides is 1. The summed E-state index contributed by atoms with van der Waals surface area (Å²) in [5.74, 6) is 0.00805. The number of carbonyl (C=O) groups is 1. The molecule has 0 atom stereocenters. The predicted octanol–water partition coefficient (Wildman–Crippen LogP) is 4.74. The van der Waals surface area contributed by atoms with Crippen molar-refractivity contribution < 1.29 is 4.79 Å². The lowest BCUT2D eigenvalue weighted by atomic mass is 10.1. The molecule has 5 nitrogen and oxygen atoms in total. The summed E-state index contributed by atoms with van der Waals surface area (Å²) in [5.41, 5.74) is 3.96. The summed E-state index contributed by atoms with van der Waals surface area (Å²) >= 11 is 6.11. The summed E-state index contributed by atoms with van der Waals surface area (Å²) in [5, 5.41) is 6.41. The number of nitrogens with one attached hydrogen (secondary N) is 2.